The van der Waals surface area contributed by atoms with E-state index in [0.717, 1.165) is 42.4 Å². The van der Waals surface area contributed by atoms with Gasteiger partial charge in [0, 0.05) is 5.56 Å². The Hall–Kier alpha value is -2.98. The molecule has 4 heteroatoms. The van der Waals surface area contributed by atoms with Crippen LogP contribution in [0.4, 0.5) is 8.78 Å². The maximum absolute atomic E-state index is 14.7. The first-order valence-corrected chi connectivity index (χ1v) is 14.6. The molecule has 0 bridgehead atoms. The normalized spacial score (nSPS) is 23.7. The fourth-order valence-electron chi connectivity index (χ4n) is 6.32. The van der Waals surface area contributed by atoms with Crippen LogP contribution in [0.25, 0.3) is 22.3 Å². The third-order valence-electron chi connectivity index (χ3n) is 8.61. The minimum absolute atomic E-state index is 0.0375. The van der Waals surface area contributed by atoms with Crippen molar-refractivity contribution in [2.24, 2.45) is 11.8 Å². The molecule has 0 spiro atoms. The highest BCUT2D eigenvalue weighted by Gasteiger charge is 2.31. The minimum Gasteiger partial charge on any atom is -0.490 e. The lowest BCUT2D eigenvalue weighted by Gasteiger charge is -2.37. The van der Waals surface area contributed by atoms with Gasteiger partial charge in [0.15, 0.2) is 11.6 Å². The number of rotatable bonds is 8. The summed E-state index contributed by atoms with van der Waals surface area (Å²) in [5, 5.41) is 0. The second kappa shape index (κ2) is 12.9. The molecule has 0 N–H and O–H groups in total. The maximum Gasteiger partial charge on any atom is 0.201 e. The molecular formula is C35H40F2O2. The molecule has 0 aromatic heterocycles. The summed E-state index contributed by atoms with van der Waals surface area (Å²) in [4.78, 5) is 0. The van der Waals surface area contributed by atoms with Crippen molar-refractivity contribution in [2.45, 2.75) is 70.8 Å². The molecule has 1 aliphatic carbocycles. The fraction of sp³-hybridized carbons (Fsp3) is 0.429. The van der Waals surface area contributed by atoms with Crippen LogP contribution in [0.3, 0.4) is 0 Å². The third-order valence-corrected chi connectivity index (χ3v) is 8.61. The van der Waals surface area contributed by atoms with E-state index in [9.17, 15) is 8.78 Å². The van der Waals surface area contributed by atoms with Crippen LogP contribution in [0.15, 0.2) is 72.8 Å². The van der Waals surface area contributed by atoms with E-state index in [4.69, 9.17) is 9.47 Å². The summed E-state index contributed by atoms with van der Waals surface area (Å²) in [6, 6.07) is 19.7. The lowest BCUT2D eigenvalue weighted by atomic mass is 9.72. The Bertz CT molecular complexity index is 1230. The predicted octanol–water partition coefficient (Wildman–Crippen LogP) is 9.73. The first kappa shape index (κ1) is 27.6. The summed E-state index contributed by atoms with van der Waals surface area (Å²) in [5.74, 6) is 0.299. The van der Waals surface area contributed by atoms with Crippen LogP contribution >= 0.6 is 0 Å². The van der Waals surface area contributed by atoms with Crippen LogP contribution < -0.4 is 4.74 Å². The predicted molar refractivity (Wildman–Crippen MR) is 155 cm³/mol. The number of ether oxygens (including phenoxy) is 2. The van der Waals surface area contributed by atoms with E-state index < -0.39 is 11.6 Å². The van der Waals surface area contributed by atoms with Gasteiger partial charge in [0.1, 0.15) is 0 Å². The molecule has 206 valence electrons. The summed E-state index contributed by atoms with van der Waals surface area (Å²) in [7, 11) is 0. The second-order valence-electron chi connectivity index (χ2n) is 11.1. The molecule has 1 saturated heterocycles. The number of benzene rings is 3. The highest BCUT2D eigenvalue weighted by atomic mass is 19.2. The van der Waals surface area contributed by atoms with Crippen LogP contribution in [-0.4, -0.2) is 19.3 Å². The molecule has 0 amide bonds. The number of hydrogen-bond acceptors (Lipinski definition) is 2. The van der Waals surface area contributed by atoms with E-state index >= 15 is 0 Å². The summed E-state index contributed by atoms with van der Waals surface area (Å²) >= 11 is 0. The minimum atomic E-state index is -0.931. The van der Waals surface area contributed by atoms with Gasteiger partial charge >= 0.3 is 0 Å². The number of hydrogen-bond donors (Lipinski definition) is 0. The van der Waals surface area contributed by atoms with E-state index in [2.05, 4.69) is 43.3 Å². The maximum atomic E-state index is 14.7. The van der Waals surface area contributed by atoms with Gasteiger partial charge in [0.2, 0.25) is 5.82 Å². The molecule has 1 heterocycles. The summed E-state index contributed by atoms with van der Waals surface area (Å²) < 4.78 is 40.6. The van der Waals surface area contributed by atoms with E-state index in [1.807, 2.05) is 31.2 Å². The van der Waals surface area contributed by atoms with Crippen LogP contribution in [0.1, 0.15) is 70.3 Å². The Morgan fingerprint density at radius 1 is 0.769 bits per heavy atom. The average molecular weight is 531 g/mol. The van der Waals surface area contributed by atoms with Crippen LogP contribution in [0.2, 0.25) is 0 Å². The van der Waals surface area contributed by atoms with Crippen molar-refractivity contribution in [1.82, 2.24) is 0 Å². The van der Waals surface area contributed by atoms with Crippen molar-refractivity contribution in [2.75, 3.05) is 13.2 Å². The molecule has 5 rings (SSSR count). The summed E-state index contributed by atoms with van der Waals surface area (Å²) in [5.41, 5.74) is 4.50. The Labute approximate surface area is 232 Å². The Morgan fingerprint density at radius 3 is 2.03 bits per heavy atom. The van der Waals surface area contributed by atoms with Crippen LogP contribution in [0.5, 0.6) is 5.75 Å². The van der Waals surface area contributed by atoms with E-state index in [0.29, 0.717) is 24.2 Å². The van der Waals surface area contributed by atoms with E-state index in [-0.39, 0.29) is 11.3 Å². The topological polar surface area (TPSA) is 18.5 Å². The number of allylic oxidation sites excluding steroid dienone is 1. The van der Waals surface area contributed by atoms with Crippen LogP contribution in [-0.2, 0) is 4.74 Å². The molecule has 2 nitrogen and oxygen atoms in total. The number of halogens is 2. The lowest BCUT2D eigenvalue weighted by Crippen LogP contribution is -2.31. The van der Waals surface area contributed by atoms with Crippen molar-refractivity contribution < 1.29 is 18.3 Å². The third kappa shape index (κ3) is 6.44. The molecule has 1 saturated carbocycles. The van der Waals surface area contributed by atoms with Gasteiger partial charge in [-0.2, -0.15) is 4.39 Å². The Kier molecular flexibility index (Phi) is 9.13. The van der Waals surface area contributed by atoms with Crippen molar-refractivity contribution in [1.29, 1.82) is 0 Å². The highest BCUT2D eigenvalue weighted by molar-refractivity contribution is 5.71. The molecule has 3 aromatic carbocycles. The SMILES string of the molecule is C/C=C/C1CCC(C2CCC(c3ccc(-c4ccc(-c5ccc(OCCC)c(F)c5F)cc4)cc3)CC2)CO1. The van der Waals surface area contributed by atoms with E-state index in [1.54, 1.807) is 6.07 Å². The largest absolute Gasteiger partial charge is 0.490 e. The molecule has 2 aliphatic rings. The summed E-state index contributed by atoms with van der Waals surface area (Å²) in [6.07, 6.45) is 12.9. The zero-order chi connectivity index (χ0) is 27.2. The average Bonchev–Trinajstić information content (AvgIpc) is 2.99. The molecule has 2 atom stereocenters. The fourth-order valence-corrected chi connectivity index (χ4v) is 6.32. The van der Waals surface area contributed by atoms with Gasteiger partial charge in [-0.1, -0.05) is 67.6 Å². The van der Waals surface area contributed by atoms with Gasteiger partial charge in [-0.05, 0) is 104 Å². The van der Waals surface area contributed by atoms with Gasteiger partial charge in [0.25, 0.3) is 0 Å². The van der Waals surface area contributed by atoms with Gasteiger partial charge in [0.05, 0.1) is 19.3 Å². The molecule has 39 heavy (non-hydrogen) atoms. The van der Waals surface area contributed by atoms with Crippen molar-refractivity contribution >= 4 is 0 Å². The first-order valence-electron chi connectivity index (χ1n) is 14.6. The molecule has 0 radical (unpaired) electrons. The molecule has 2 unspecified atom stereocenters. The van der Waals surface area contributed by atoms with Gasteiger partial charge in [-0.25, -0.2) is 4.39 Å². The monoisotopic (exact) mass is 530 g/mol. The Balaban J connectivity index is 1.18. The zero-order valence-electron chi connectivity index (χ0n) is 23.2. The standard InChI is InChI=1S/C35H40F2O2/c1-3-5-31-19-18-30(23-39-31)28-12-10-26(11-13-28)24-6-8-25(9-7-24)27-14-16-29(17-15-27)32-20-21-33(38-22-4-2)35(37)34(32)36/h3,5-9,14-17,20-21,26,28,30-31H,4,10-13,18-19,22-23H2,1-2H3/b5-3+. The molecule has 3 aromatic rings. The van der Waals surface area contributed by atoms with Crippen molar-refractivity contribution in [3.8, 4) is 28.0 Å². The van der Waals surface area contributed by atoms with Gasteiger partial charge in [-0.3, -0.25) is 0 Å². The quantitative estimate of drug-likeness (QED) is 0.270. The van der Waals surface area contributed by atoms with E-state index in [1.165, 1.54) is 43.7 Å². The first-order chi connectivity index (χ1) is 19.1. The van der Waals surface area contributed by atoms with Gasteiger partial charge < -0.3 is 9.47 Å². The zero-order valence-corrected chi connectivity index (χ0v) is 23.2. The molecule has 1 aliphatic heterocycles. The lowest BCUT2D eigenvalue weighted by molar-refractivity contribution is -0.0149. The Morgan fingerprint density at radius 2 is 1.41 bits per heavy atom. The smallest absolute Gasteiger partial charge is 0.201 e. The highest BCUT2D eigenvalue weighted by Crippen LogP contribution is 2.42. The summed E-state index contributed by atoms with van der Waals surface area (Å²) in [6.45, 7) is 5.27. The molecular weight excluding hydrogens is 490 g/mol. The van der Waals surface area contributed by atoms with Gasteiger partial charge in [-0.15, -0.1) is 0 Å². The second-order valence-corrected chi connectivity index (χ2v) is 11.1. The van der Waals surface area contributed by atoms with Crippen molar-refractivity contribution in [3.05, 3.63) is 90.0 Å². The van der Waals surface area contributed by atoms with Crippen molar-refractivity contribution in [3.63, 3.8) is 0 Å². The van der Waals surface area contributed by atoms with Crippen LogP contribution in [0, 0.1) is 23.5 Å². The molecule has 2 fully saturated rings.